The molecule has 0 atom stereocenters. The highest BCUT2D eigenvalue weighted by atomic mass is 32.2. The van der Waals surface area contributed by atoms with Crippen LogP contribution in [-0.2, 0) is 14.8 Å². The summed E-state index contributed by atoms with van der Waals surface area (Å²) < 4.78 is 46.5. The Balaban J connectivity index is 1.83. The molecule has 8 heteroatoms. The van der Waals surface area contributed by atoms with Gasteiger partial charge in [-0.1, -0.05) is 29.8 Å². The summed E-state index contributed by atoms with van der Waals surface area (Å²) >= 11 is 0. The summed E-state index contributed by atoms with van der Waals surface area (Å²) in [5.41, 5.74) is 2.33. The molecule has 2 aromatic carbocycles. The number of halogens is 1. The summed E-state index contributed by atoms with van der Waals surface area (Å²) in [6, 6.07) is 9.68. The van der Waals surface area contributed by atoms with E-state index in [1.165, 1.54) is 17.0 Å². The van der Waals surface area contributed by atoms with Gasteiger partial charge in [-0.05, 0) is 44.0 Å². The highest BCUT2D eigenvalue weighted by Gasteiger charge is 2.20. The third-order valence-electron chi connectivity index (χ3n) is 4.45. The van der Waals surface area contributed by atoms with Crippen LogP contribution in [0.5, 0.6) is 5.75 Å². The minimum absolute atomic E-state index is 0.00751. The first kappa shape index (κ1) is 22.8. The Kier molecular flexibility index (Phi) is 7.75. The van der Waals surface area contributed by atoms with Crippen molar-refractivity contribution in [3.8, 4) is 5.75 Å². The van der Waals surface area contributed by atoms with Crippen molar-refractivity contribution in [1.29, 1.82) is 0 Å². The Labute approximate surface area is 171 Å². The van der Waals surface area contributed by atoms with E-state index in [9.17, 15) is 17.6 Å². The van der Waals surface area contributed by atoms with Gasteiger partial charge in [0.15, 0.2) is 11.6 Å². The van der Waals surface area contributed by atoms with Crippen LogP contribution in [0.1, 0.15) is 23.1 Å². The number of hydrogen-bond donors (Lipinski definition) is 1. The zero-order valence-electron chi connectivity index (χ0n) is 17.2. The number of aryl methyl sites for hydroxylation is 3. The molecule has 6 nitrogen and oxygen atoms in total. The van der Waals surface area contributed by atoms with E-state index in [0.717, 1.165) is 5.56 Å². The van der Waals surface area contributed by atoms with E-state index in [1.807, 2.05) is 19.1 Å². The fourth-order valence-electron chi connectivity index (χ4n) is 3.13. The summed E-state index contributed by atoms with van der Waals surface area (Å²) in [5.74, 6) is -0.565. The van der Waals surface area contributed by atoms with E-state index in [0.29, 0.717) is 11.1 Å². The van der Waals surface area contributed by atoms with Crippen LogP contribution in [0.25, 0.3) is 0 Å². The van der Waals surface area contributed by atoms with Gasteiger partial charge in [0.2, 0.25) is 15.9 Å². The van der Waals surface area contributed by atoms with Gasteiger partial charge in [0.25, 0.3) is 0 Å². The molecule has 0 aliphatic carbocycles. The standard InChI is InChI=1S/C21H27FN2O4S/c1-15-13-16(2)21(17(3)14-15)29(26,27)23-10-9-20(25)24(4)11-12-28-19-8-6-5-7-18(19)22/h5-8,13-14,23H,9-12H2,1-4H3. The molecule has 158 valence electrons. The average Bonchev–Trinajstić information content (AvgIpc) is 2.61. The molecule has 2 aromatic rings. The lowest BCUT2D eigenvalue weighted by Gasteiger charge is -2.18. The Bertz CT molecular complexity index is 953. The number of carbonyl (C=O) groups is 1. The summed E-state index contributed by atoms with van der Waals surface area (Å²) in [7, 11) is -2.11. The lowest BCUT2D eigenvalue weighted by Crippen LogP contribution is -2.34. The Morgan fingerprint density at radius 1 is 1.14 bits per heavy atom. The smallest absolute Gasteiger partial charge is 0.241 e. The average molecular weight is 423 g/mol. The lowest BCUT2D eigenvalue weighted by molar-refractivity contribution is -0.130. The molecule has 2 rings (SSSR count). The van der Waals surface area contributed by atoms with Gasteiger partial charge >= 0.3 is 0 Å². The number of amides is 1. The number of likely N-dealkylation sites (N-methyl/N-ethyl adjacent to an activating group) is 1. The van der Waals surface area contributed by atoms with E-state index in [1.54, 1.807) is 33.0 Å². The van der Waals surface area contributed by atoms with Crippen molar-refractivity contribution in [3.63, 3.8) is 0 Å². The molecule has 0 heterocycles. The van der Waals surface area contributed by atoms with Crippen molar-refractivity contribution < 1.29 is 22.3 Å². The molecule has 0 unspecified atom stereocenters. The van der Waals surface area contributed by atoms with E-state index < -0.39 is 15.8 Å². The molecular formula is C21H27FN2O4S. The predicted octanol–water partition coefficient (Wildman–Crippen LogP) is 2.96. The van der Waals surface area contributed by atoms with Crippen LogP contribution >= 0.6 is 0 Å². The normalized spacial score (nSPS) is 11.3. The summed E-state index contributed by atoms with van der Waals surface area (Å²) in [5, 5.41) is 0. The molecule has 29 heavy (non-hydrogen) atoms. The molecule has 0 bridgehead atoms. The van der Waals surface area contributed by atoms with Gasteiger partial charge in [-0.3, -0.25) is 4.79 Å². The van der Waals surface area contributed by atoms with E-state index >= 15 is 0 Å². The van der Waals surface area contributed by atoms with Crippen LogP contribution in [0, 0.1) is 26.6 Å². The van der Waals surface area contributed by atoms with Gasteiger partial charge < -0.3 is 9.64 Å². The first-order valence-electron chi connectivity index (χ1n) is 9.30. The number of ether oxygens (including phenoxy) is 1. The van der Waals surface area contributed by atoms with Gasteiger partial charge in [0, 0.05) is 20.0 Å². The van der Waals surface area contributed by atoms with E-state index in [-0.39, 0.29) is 42.7 Å². The molecule has 0 saturated heterocycles. The zero-order valence-corrected chi connectivity index (χ0v) is 18.0. The van der Waals surface area contributed by atoms with E-state index in [2.05, 4.69) is 4.72 Å². The third kappa shape index (κ3) is 6.27. The fraction of sp³-hybridized carbons (Fsp3) is 0.381. The molecular weight excluding hydrogens is 395 g/mol. The van der Waals surface area contributed by atoms with Crippen LogP contribution in [-0.4, -0.2) is 46.0 Å². The molecule has 0 fully saturated rings. The maximum Gasteiger partial charge on any atom is 0.241 e. The topological polar surface area (TPSA) is 75.7 Å². The van der Waals surface area contributed by atoms with Crippen LogP contribution in [0.3, 0.4) is 0 Å². The molecule has 1 N–H and O–H groups in total. The molecule has 0 aliphatic rings. The predicted molar refractivity (Wildman–Crippen MR) is 110 cm³/mol. The number of carbonyl (C=O) groups excluding carboxylic acids is 1. The largest absolute Gasteiger partial charge is 0.489 e. The zero-order chi connectivity index (χ0) is 21.6. The molecule has 1 amide bonds. The van der Waals surface area contributed by atoms with Crippen LogP contribution in [0.15, 0.2) is 41.3 Å². The maximum atomic E-state index is 13.5. The molecule has 0 spiro atoms. The second-order valence-electron chi connectivity index (χ2n) is 6.97. The minimum Gasteiger partial charge on any atom is -0.489 e. The Morgan fingerprint density at radius 2 is 1.76 bits per heavy atom. The second-order valence-corrected chi connectivity index (χ2v) is 8.67. The van der Waals surface area contributed by atoms with Crippen molar-refractivity contribution in [2.45, 2.75) is 32.1 Å². The van der Waals surface area contributed by atoms with Gasteiger partial charge in [0.05, 0.1) is 11.4 Å². The summed E-state index contributed by atoms with van der Waals surface area (Å²) in [6.45, 7) is 5.81. The van der Waals surface area contributed by atoms with Crippen molar-refractivity contribution in [1.82, 2.24) is 9.62 Å². The number of sulfonamides is 1. The molecule has 0 aromatic heterocycles. The second kappa shape index (κ2) is 9.84. The summed E-state index contributed by atoms with van der Waals surface area (Å²) in [4.78, 5) is 13.9. The molecule has 0 saturated carbocycles. The number of hydrogen-bond acceptors (Lipinski definition) is 4. The van der Waals surface area contributed by atoms with Gasteiger partial charge in [0.1, 0.15) is 6.61 Å². The van der Waals surface area contributed by atoms with Gasteiger partial charge in [-0.2, -0.15) is 0 Å². The molecule has 0 aliphatic heterocycles. The monoisotopic (exact) mass is 422 g/mol. The fourth-order valence-corrected chi connectivity index (χ4v) is 4.61. The number of para-hydroxylation sites is 1. The first-order chi connectivity index (χ1) is 13.6. The third-order valence-corrected chi connectivity index (χ3v) is 6.22. The quantitative estimate of drug-likeness (QED) is 0.674. The summed E-state index contributed by atoms with van der Waals surface area (Å²) in [6.07, 6.45) is 0.0133. The number of benzene rings is 2. The van der Waals surface area contributed by atoms with Gasteiger partial charge in [-0.15, -0.1) is 0 Å². The van der Waals surface area contributed by atoms with Crippen LogP contribution in [0.4, 0.5) is 4.39 Å². The highest BCUT2D eigenvalue weighted by molar-refractivity contribution is 7.89. The minimum atomic E-state index is -3.70. The maximum absolute atomic E-state index is 13.5. The Morgan fingerprint density at radius 3 is 2.38 bits per heavy atom. The number of rotatable bonds is 9. The number of nitrogens with one attached hydrogen (secondary N) is 1. The van der Waals surface area contributed by atoms with Crippen molar-refractivity contribution in [2.24, 2.45) is 0 Å². The Hall–Kier alpha value is -2.45. The van der Waals surface area contributed by atoms with Crippen molar-refractivity contribution >= 4 is 15.9 Å². The highest BCUT2D eigenvalue weighted by Crippen LogP contribution is 2.21. The van der Waals surface area contributed by atoms with Crippen LogP contribution in [0.2, 0.25) is 0 Å². The van der Waals surface area contributed by atoms with Crippen LogP contribution < -0.4 is 9.46 Å². The molecule has 0 radical (unpaired) electrons. The lowest BCUT2D eigenvalue weighted by atomic mass is 10.1. The first-order valence-corrected chi connectivity index (χ1v) is 10.8. The van der Waals surface area contributed by atoms with Gasteiger partial charge in [-0.25, -0.2) is 17.5 Å². The van der Waals surface area contributed by atoms with Crippen molar-refractivity contribution in [2.75, 3.05) is 26.7 Å². The van der Waals surface area contributed by atoms with Crippen molar-refractivity contribution in [3.05, 3.63) is 58.9 Å². The van der Waals surface area contributed by atoms with E-state index in [4.69, 9.17) is 4.74 Å². The number of nitrogens with zero attached hydrogens (tertiary/aromatic N) is 1. The SMILES string of the molecule is Cc1cc(C)c(S(=O)(=O)NCCC(=O)N(C)CCOc2ccccc2F)c(C)c1.